The van der Waals surface area contributed by atoms with Crippen molar-refractivity contribution in [1.29, 1.82) is 0 Å². The minimum absolute atomic E-state index is 0.0315. The molecule has 0 spiro atoms. The first kappa shape index (κ1) is 16.0. The topological polar surface area (TPSA) is 32.3 Å². The summed E-state index contributed by atoms with van der Waals surface area (Å²) >= 11 is 5.97. The highest BCUT2D eigenvalue weighted by atomic mass is 35.5. The van der Waals surface area contributed by atoms with Crippen molar-refractivity contribution in [3.05, 3.63) is 64.2 Å². The molecule has 0 saturated carbocycles. The fourth-order valence-corrected chi connectivity index (χ4v) is 3.41. The minimum Gasteiger partial charge on any atom is -0.326 e. The standard InChI is InChI=1S/C19H21ClN2O/c1-13-11-15(20)7-8-17(13)21-19(23)12-18-16-6-4-3-5-14(16)9-10-22(18)2/h3-8,11,18H,9-10,12H2,1-2H3,(H,21,23). The van der Waals surface area contributed by atoms with Gasteiger partial charge >= 0.3 is 0 Å². The van der Waals surface area contributed by atoms with Crippen molar-refractivity contribution in [2.75, 3.05) is 18.9 Å². The van der Waals surface area contributed by atoms with E-state index in [1.165, 1.54) is 11.1 Å². The smallest absolute Gasteiger partial charge is 0.226 e. The van der Waals surface area contributed by atoms with Gasteiger partial charge in [-0.2, -0.15) is 0 Å². The van der Waals surface area contributed by atoms with Gasteiger partial charge < -0.3 is 5.32 Å². The molecular weight excluding hydrogens is 308 g/mol. The third kappa shape index (κ3) is 3.57. The van der Waals surface area contributed by atoms with Crippen LogP contribution in [-0.2, 0) is 11.2 Å². The van der Waals surface area contributed by atoms with E-state index in [4.69, 9.17) is 11.6 Å². The predicted octanol–water partition coefficient (Wildman–Crippen LogP) is 4.21. The molecule has 1 unspecified atom stereocenters. The largest absolute Gasteiger partial charge is 0.326 e. The summed E-state index contributed by atoms with van der Waals surface area (Å²) in [5.41, 5.74) is 4.42. The molecule has 1 heterocycles. The maximum absolute atomic E-state index is 12.5. The van der Waals surface area contributed by atoms with Crippen LogP contribution < -0.4 is 5.32 Å². The highest BCUT2D eigenvalue weighted by Gasteiger charge is 2.26. The fourth-order valence-electron chi connectivity index (χ4n) is 3.19. The van der Waals surface area contributed by atoms with Gasteiger partial charge in [0, 0.05) is 29.7 Å². The fraction of sp³-hybridized carbons (Fsp3) is 0.316. The second kappa shape index (κ2) is 6.73. The SMILES string of the molecule is Cc1cc(Cl)ccc1NC(=O)CC1c2ccccc2CCN1C. The number of benzene rings is 2. The molecule has 2 aromatic rings. The maximum Gasteiger partial charge on any atom is 0.226 e. The summed E-state index contributed by atoms with van der Waals surface area (Å²) in [6.07, 6.45) is 1.50. The Hall–Kier alpha value is -1.84. The van der Waals surface area contributed by atoms with E-state index in [9.17, 15) is 4.79 Å². The third-order valence-corrected chi connectivity index (χ3v) is 4.76. The molecule has 0 bridgehead atoms. The van der Waals surface area contributed by atoms with Crippen LogP contribution in [0.3, 0.4) is 0 Å². The first-order valence-corrected chi connectivity index (χ1v) is 8.26. The number of nitrogens with zero attached hydrogens (tertiary/aromatic N) is 1. The molecule has 3 nitrogen and oxygen atoms in total. The first-order valence-electron chi connectivity index (χ1n) is 7.88. The summed E-state index contributed by atoms with van der Waals surface area (Å²) in [4.78, 5) is 14.8. The molecule has 4 heteroatoms. The highest BCUT2D eigenvalue weighted by Crippen LogP contribution is 2.31. The van der Waals surface area contributed by atoms with Crippen molar-refractivity contribution in [2.45, 2.75) is 25.8 Å². The molecule has 120 valence electrons. The molecule has 0 radical (unpaired) electrons. The number of likely N-dealkylation sites (N-methyl/N-ethyl adjacent to an activating group) is 1. The van der Waals surface area contributed by atoms with E-state index in [0.29, 0.717) is 11.4 Å². The molecule has 1 amide bonds. The van der Waals surface area contributed by atoms with Crippen LogP contribution >= 0.6 is 11.6 Å². The number of hydrogen-bond acceptors (Lipinski definition) is 2. The van der Waals surface area contributed by atoms with Crippen molar-refractivity contribution < 1.29 is 4.79 Å². The van der Waals surface area contributed by atoms with Gasteiger partial charge in [-0.15, -0.1) is 0 Å². The van der Waals surface area contributed by atoms with Crippen LogP contribution in [0.1, 0.15) is 29.2 Å². The van der Waals surface area contributed by atoms with Crippen molar-refractivity contribution in [1.82, 2.24) is 4.90 Å². The van der Waals surface area contributed by atoms with Gasteiger partial charge in [0.2, 0.25) is 5.91 Å². The molecular formula is C19H21ClN2O. The Morgan fingerprint density at radius 2 is 2.09 bits per heavy atom. The van der Waals surface area contributed by atoms with Crippen molar-refractivity contribution in [3.8, 4) is 0 Å². The average molecular weight is 329 g/mol. The summed E-state index contributed by atoms with van der Waals surface area (Å²) in [7, 11) is 2.08. The molecule has 3 rings (SSSR count). The number of fused-ring (bicyclic) bond motifs is 1. The Morgan fingerprint density at radius 1 is 1.30 bits per heavy atom. The number of carbonyl (C=O) groups excluding carboxylic acids is 1. The second-order valence-electron chi connectivity index (χ2n) is 6.16. The summed E-state index contributed by atoms with van der Waals surface area (Å²) in [6, 6.07) is 14.1. The molecule has 0 aromatic heterocycles. The van der Waals surface area contributed by atoms with Crippen molar-refractivity contribution >= 4 is 23.2 Å². The van der Waals surface area contributed by atoms with Gasteiger partial charge in [-0.3, -0.25) is 9.69 Å². The molecule has 1 aliphatic heterocycles. The summed E-state index contributed by atoms with van der Waals surface area (Å²) < 4.78 is 0. The van der Waals surface area contributed by atoms with Gasteiger partial charge in [-0.05, 0) is 55.3 Å². The van der Waals surface area contributed by atoms with Crippen LogP contribution in [0.25, 0.3) is 0 Å². The van der Waals surface area contributed by atoms with Gasteiger partial charge in [0.15, 0.2) is 0 Å². The number of nitrogens with one attached hydrogen (secondary N) is 1. The van der Waals surface area contributed by atoms with E-state index in [-0.39, 0.29) is 11.9 Å². The van der Waals surface area contributed by atoms with Crippen LogP contribution in [0.4, 0.5) is 5.69 Å². The molecule has 0 fully saturated rings. The van der Waals surface area contributed by atoms with Gasteiger partial charge in [-0.25, -0.2) is 0 Å². The van der Waals surface area contributed by atoms with E-state index < -0.39 is 0 Å². The van der Waals surface area contributed by atoms with Crippen LogP contribution in [0.2, 0.25) is 5.02 Å². The summed E-state index contributed by atoms with van der Waals surface area (Å²) in [5, 5.41) is 3.69. The molecule has 0 aliphatic carbocycles. The van der Waals surface area contributed by atoms with E-state index in [0.717, 1.165) is 24.2 Å². The number of anilines is 1. The third-order valence-electron chi connectivity index (χ3n) is 4.52. The maximum atomic E-state index is 12.5. The van der Waals surface area contributed by atoms with E-state index in [1.807, 2.05) is 25.1 Å². The number of amides is 1. The monoisotopic (exact) mass is 328 g/mol. The number of halogens is 1. The summed E-state index contributed by atoms with van der Waals surface area (Å²) in [6.45, 7) is 2.93. The molecule has 1 aliphatic rings. The van der Waals surface area contributed by atoms with Crippen LogP contribution in [0.5, 0.6) is 0 Å². The van der Waals surface area contributed by atoms with Crippen LogP contribution in [0.15, 0.2) is 42.5 Å². The molecule has 0 saturated heterocycles. The van der Waals surface area contributed by atoms with Gasteiger partial charge in [-0.1, -0.05) is 35.9 Å². The number of aryl methyl sites for hydroxylation is 1. The predicted molar refractivity (Wildman–Crippen MR) is 95.0 cm³/mol. The van der Waals surface area contributed by atoms with Gasteiger partial charge in [0.05, 0.1) is 0 Å². The first-order chi connectivity index (χ1) is 11.0. The quantitative estimate of drug-likeness (QED) is 0.915. The Balaban J connectivity index is 1.75. The Labute approximate surface area is 142 Å². The minimum atomic E-state index is 0.0315. The van der Waals surface area contributed by atoms with Crippen molar-refractivity contribution in [2.24, 2.45) is 0 Å². The zero-order valence-electron chi connectivity index (χ0n) is 13.5. The van der Waals surface area contributed by atoms with Gasteiger partial charge in [0.25, 0.3) is 0 Å². The molecule has 2 aromatic carbocycles. The van der Waals surface area contributed by atoms with E-state index in [1.54, 1.807) is 6.07 Å². The number of carbonyl (C=O) groups is 1. The Bertz CT molecular complexity index is 729. The molecule has 1 N–H and O–H groups in total. The van der Waals surface area contributed by atoms with E-state index in [2.05, 4.69) is 35.5 Å². The zero-order valence-corrected chi connectivity index (χ0v) is 14.2. The Kier molecular flexibility index (Phi) is 4.69. The lowest BCUT2D eigenvalue weighted by molar-refractivity contribution is -0.117. The Morgan fingerprint density at radius 3 is 2.87 bits per heavy atom. The normalized spacial score (nSPS) is 17.6. The van der Waals surface area contributed by atoms with Crippen LogP contribution in [0, 0.1) is 6.92 Å². The molecule has 23 heavy (non-hydrogen) atoms. The lowest BCUT2D eigenvalue weighted by Crippen LogP contribution is -2.34. The van der Waals surface area contributed by atoms with Crippen molar-refractivity contribution in [3.63, 3.8) is 0 Å². The lowest BCUT2D eigenvalue weighted by Gasteiger charge is -2.34. The van der Waals surface area contributed by atoms with Crippen LogP contribution in [-0.4, -0.2) is 24.4 Å². The zero-order chi connectivity index (χ0) is 16.4. The average Bonchev–Trinajstić information content (AvgIpc) is 2.53. The number of hydrogen-bond donors (Lipinski definition) is 1. The number of rotatable bonds is 3. The lowest BCUT2D eigenvalue weighted by atomic mass is 9.91. The van der Waals surface area contributed by atoms with E-state index >= 15 is 0 Å². The highest BCUT2D eigenvalue weighted by molar-refractivity contribution is 6.30. The summed E-state index contributed by atoms with van der Waals surface area (Å²) in [5.74, 6) is 0.0315. The van der Waals surface area contributed by atoms with Gasteiger partial charge in [0.1, 0.15) is 0 Å². The second-order valence-corrected chi connectivity index (χ2v) is 6.59. The molecule has 1 atom stereocenters.